The van der Waals surface area contributed by atoms with E-state index in [1.54, 1.807) is 0 Å². The first-order valence-corrected chi connectivity index (χ1v) is 7.44. The van der Waals surface area contributed by atoms with Crippen molar-refractivity contribution >= 4 is 45.0 Å². The number of hydrogen-bond donors (Lipinski definition) is 1. The predicted octanol–water partition coefficient (Wildman–Crippen LogP) is 4.88. The fraction of sp³-hybridized carbons (Fsp3) is 0.0909. The Morgan fingerprint density at radius 3 is 2.40 bits per heavy atom. The zero-order valence-corrected chi connectivity index (χ0v) is 12.7. The first-order valence-electron chi connectivity index (χ1n) is 5.02. The molecule has 1 heterocycles. The van der Waals surface area contributed by atoms with Crippen LogP contribution >= 0.6 is 39.0 Å². The Hall–Kier alpha value is -1.06. The van der Waals surface area contributed by atoms with Crippen molar-refractivity contribution in [2.45, 2.75) is 10.4 Å². The van der Waals surface area contributed by atoms with Crippen LogP contribution in [-0.4, -0.2) is 21.6 Å². The Morgan fingerprint density at radius 2 is 1.90 bits per heavy atom. The Labute approximate surface area is 128 Å². The maximum Gasteiger partial charge on any atom is 0.446 e. The highest BCUT2D eigenvalue weighted by molar-refractivity contribution is 9.11. The molecule has 1 aromatic carbocycles. The van der Waals surface area contributed by atoms with Crippen LogP contribution in [0.2, 0.25) is 0 Å². The maximum absolute atomic E-state index is 12.2. The van der Waals surface area contributed by atoms with Gasteiger partial charge >= 0.3 is 11.5 Å². The molecule has 2 aromatic rings. The van der Waals surface area contributed by atoms with Gasteiger partial charge in [-0.25, -0.2) is 9.78 Å². The van der Waals surface area contributed by atoms with Gasteiger partial charge in [-0.1, -0.05) is 12.1 Å². The highest BCUT2D eigenvalue weighted by Gasteiger charge is 2.29. The summed E-state index contributed by atoms with van der Waals surface area (Å²) in [6.45, 7) is 0. The number of carboxylic acids is 1. The molecule has 0 unspecified atom stereocenters. The lowest BCUT2D eigenvalue weighted by Crippen LogP contribution is -1.99. The average molecular weight is 384 g/mol. The van der Waals surface area contributed by atoms with Crippen LogP contribution in [0.1, 0.15) is 10.5 Å². The molecule has 0 aliphatic rings. The van der Waals surface area contributed by atoms with E-state index in [4.69, 9.17) is 5.11 Å². The number of benzene rings is 1. The quantitative estimate of drug-likeness (QED) is 0.767. The lowest BCUT2D eigenvalue weighted by atomic mass is 10.1. The van der Waals surface area contributed by atoms with E-state index in [2.05, 4.69) is 20.9 Å². The molecule has 3 nitrogen and oxygen atoms in total. The Balaban J connectivity index is 2.33. The molecule has 0 aliphatic heterocycles. The second-order valence-corrected chi connectivity index (χ2v) is 6.94. The van der Waals surface area contributed by atoms with Gasteiger partial charge in [0.15, 0.2) is 9.61 Å². The van der Waals surface area contributed by atoms with Crippen LogP contribution in [0.25, 0.3) is 10.4 Å². The summed E-state index contributed by atoms with van der Waals surface area (Å²) in [4.78, 5) is 15.3. The standard InChI is InChI=1S/C11H5BrF3NO2S2/c12-10-16-7(9(17)18)8(19-10)5-1-3-6(4-2-5)20-11(13,14)15/h1-4H,(H,17,18). The van der Waals surface area contributed by atoms with Crippen LogP contribution in [-0.2, 0) is 0 Å². The van der Waals surface area contributed by atoms with Gasteiger partial charge in [-0.2, -0.15) is 13.2 Å². The van der Waals surface area contributed by atoms with Crippen molar-refractivity contribution in [2.75, 3.05) is 0 Å². The van der Waals surface area contributed by atoms with Crippen molar-refractivity contribution in [3.05, 3.63) is 33.9 Å². The van der Waals surface area contributed by atoms with Gasteiger partial charge in [0, 0.05) is 4.90 Å². The van der Waals surface area contributed by atoms with E-state index in [-0.39, 0.29) is 22.4 Å². The number of carboxylic acid groups (broad SMARTS) is 1. The van der Waals surface area contributed by atoms with Crippen molar-refractivity contribution in [3.63, 3.8) is 0 Å². The number of thiazole rings is 1. The highest BCUT2D eigenvalue weighted by Crippen LogP contribution is 2.38. The van der Waals surface area contributed by atoms with Gasteiger partial charge < -0.3 is 5.11 Å². The Morgan fingerprint density at radius 1 is 1.30 bits per heavy atom. The molecular weight excluding hydrogens is 379 g/mol. The van der Waals surface area contributed by atoms with Gasteiger partial charge in [-0.3, -0.25) is 0 Å². The zero-order chi connectivity index (χ0) is 14.9. The molecule has 1 aromatic heterocycles. The SMILES string of the molecule is O=C(O)c1nc(Br)sc1-c1ccc(SC(F)(F)F)cc1. The summed E-state index contributed by atoms with van der Waals surface area (Å²) >= 11 is 3.99. The smallest absolute Gasteiger partial charge is 0.446 e. The summed E-state index contributed by atoms with van der Waals surface area (Å²) in [5, 5.41) is 9.02. The second kappa shape index (κ2) is 5.74. The molecule has 2 rings (SSSR count). The number of rotatable bonds is 3. The van der Waals surface area contributed by atoms with E-state index >= 15 is 0 Å². The van der Waals surface area contributed by atoms with Gasteiger partial charge in [-0.15, -0.1) is 11.3 Å². The molecule has 20 heavy (non-hydrogen) atoms. The van der Waals surface area contributed by atoms with Crippen LogP contribution in [0.15, 0.2) is 33.1 Å². The summed E-state index contributed by atoms with van der Waals surface area (Å²) in [7, 11) is 0. The normalized spacial score (nSPS) is 11.6. The van der Waals surface area contributed by atoms with E-state index in [0.29, 0.717) is 14.4 Å². The second-order valence-electron chi connectivity index (χ2n) is 3.52. The summed E-state index contributed by atoms with van der Waals surface area (Å²) in [5.74, 6) is -1.18. The summed E-state index contributed by atoms with van der Waals surface area (Å²) in [6.07, 6.45) is 0. The summed E-state index contributed by atoms with van der Waals surface area (Å²) in [5.41, 5.74) is -3.96. The minimum absolute atomic E-state index is 0.0432. The maximum atomic E-state index is 12.2. The molecule has 0 spiro atoms. The molecule has 0 aliphatic carbocycles. The van der Waals surface area contributed by atoms with E-state index in [1.165, 1.54) is 24.3 Å². The highest BCUT2D eigenvalue weighted by atomic mass is 79.9. The fourth-order valence-corrected chi connectivity index (χ4v) is 3.43. The summed E-state index contributed by atoms with van der Waals surface area (Å²) < 4.78 is 37.0. The third kappa shape index (κ3) is 3.74. The Kier molecular flexibility index (Phi) is 4.40. The van der Waals surface area contributed by atoms with Crippen molar-refractivity contribution in [1.82, 2.24) is 4.98 Å². The molecule has 0 amide bonds. The molecule has 0 fully saturated rings. The van der Waals surface area contributed by atoms with Crippen LogP contribution in [0.4, 0.5) is 13.2 Å². The minimum atomic E-state index is -4.35. The van der Waals surface area contributed by atoms with E-state index in [1.807, 2.05) is 0 Å². The monoisotopic (exact) mass is 383 g/mol. The van der Waals surface area contributed by atoms with Crippen LogP contribution in [0.5, 0.6) is 0 Å². The third-order valence-corrected chi connectivity index (χ3v) is 4.45. The van der Waals surface area contributed by atoms with E-state index in [9.17, 15) is 18.0 Å². The lowest BCUT2D eigenvalue weighted by molar-refractivity contribution is -0.0328. The third-order valence-electron chi connectivity index (χ3n) is 2.15. The van der Waals surface area contributed by atoms with Crippen molar-refractivity contribution in [1.29, 1.82) is 0 Å². The van der Waals surface area contributed by atoms with Gasteiger partial charge in [0.25, 0.3) is 0 Å². The minimum Gasteiger partial charge on any atom is -0.476 e. The lowest BCUT2D eigenvalue weighted by Gasteiger charge is -2.06. The van der Waals surface area contributed by atoms with Crippen molar-refractivity contribution in [3.8, 4) is 10.4 Å². The van der Waals surface area contributed by atoms with Crippen LogP contribution in [0.3, 0.4) is 0 Å². The number of nitrogens with zero attached hydrogens (tertiary/aromatic N) is 1. The first-order chi connectivity index (χ1) is 9.26. The predicted molar refractivity (Wildman–Crippen MR) is 74.1 cm³/mol. The number of alkyl halides is 3. The number of aromatic nitrogens is 1. The zero-order valence-electron chi connectivity index (χ0n) is 9.44. The number of hydrogen-bond acceptors (Lipinski definition) is 4. The molecule has 106 valence electrons. The largest absolute Gasteiger partial charge is 0.476 e. The number of thioether (sulfide) groups is 1. The summed E-state index contributed by atoms with van der Waals surface area (Å²) in [6, 6.07) is 5.49. The number of carbonyl (C=O) groups is 1. The van der Waals surface area contributed by atoms with E-state index in [0.717, 1.165) is 11.3 Å². The van der Waals surface area contributed by atoms with Crippen LogP contribution in [0, 0.1) is 0 Å². The number of aromatic carboxylic acids is 1. The van der Waals surface area contributed by atoms with E-state index < -0.39 is 11.5 Å². The van der Waals surface area contributed by atoms with Crippen LogP contribution < -0.4 is 0 Å². The molecule has 1 N–H and O–H groups in total. The molecule has 9 heteroatoms. The molecule has 0 saturated heterocycles. The molecule has 0 atom stereocenters. The molecular formula is C11H5BrF3NO2S2. The van der Waals surface area contributed by atoms with Crippen molar-refractivity contribution < 1.29 is 23.1 Å². The first kappa shape index (κ1) is 15.3. The average Bonchev–Trinajstić information content (AvgIpc) is 2.70. The Bertz CT molecular complexity index is 640. The fourth-order valence-electron chi connectivity index (χ4n) is 1.44. The van der Waals surface area contributed by atoms with Gasteiger partial charge in [0.2, 0.25) is 0 Å². The van der Waals surface area contributed by atoms with Gasteiger partial charge in [0.1, 0.15) is 0 Å². The van der Waals surface area contributed by atoms with Gasteiger partial charge in [-0.05, 0) is 45.4 Å². The van der Waals surface area contributed by atoms with Crippen molar-refractivity contribution in [2.24, 2.45) is 0 Å². The molecule has 0 bridgehead atoms. The molecule has 0 radical (unpaired) electrons. The number of halogens is 4. The van der Waals surface area contributed by atoms with Gasteiger partial charge in [0.05, 0.1) is 4.88 Å². The topological polar surface area (TPSA) is 50.2 Å². The molecule has 0 saturated carbocycles.